The molecule has 4 heterocycles. The number of Topliss-reactive ketones (excluding diaryl/α,β-unsaturated/α-hetero) is 1. The summed E-state index contributed by atoms with van der Waals surface area (Å²) < 4.78 is 55.1. The summed E-state index contributed by atoms with van der Waals surface area (Å²) in [6.45, 7) is 22.6. The lowest BCUT2D eigenvalue weighted by atomic mass is 9.78. The SMILES string of the molecule is CO[C@H]1/C=C/O[C@@]2(C)Oc3c(C)c(O)c4c(c3C2=O)C2=NC3(CCN(CC(C)C)CC3)N(C(=O)C(C)(C)Cc3cc(P(=O)(O)CP=O)ccc3OC(C)=O)C2C(=C4O)NC(=O)/C(C)=C\C=C\[C@H](C)[C@H](O)[C@@H](C)[C@@H](O)[C@@H](C)[C@H](OC(C)=O)[C@@H]1C. The van der Waals surface area contributed by atoms with E-state index >= 15 is 9.59 Å². The van der Waals surface area contributed by atoms with E-state index in [1.54, 1.807) is 53.7 Å². The molecule has 23 heteroatoms. The van der Waals surface area contributed by atoms with Crippen molar-refractivity contribution >= 4 is 62.1 Å². The van der Waals surface area contributed by atoms with E-state index in [0.29, 0.717) is 19.6 Å². The fourth-order valence-corrected chi connectivity index (χ4v) is 14.1. The van der Waals surface area contributed by atoms with Crippen molar-refractivity contribution in [2.24, 2.45) is 40.0 Å². The van der Waals surface area contributed by atoms with Crippen LogP contribution in [0, 0.1) is 41.9 Å². The molecule has 452 valence electrons. The Morgan fingerprint density at radius 3 is 2.23 bits per heavy atom. The molecule has 2 unspecified atom stereocenters. The number of amides is 2. The normalized spacial score (nSPS) is 29.9. The van der Waals surface area contributed by atoms with Crippen LogP contribution >= 0.6 is 15.8 Å². The number of ketones is 1. The van der Waals surface area contributed by atoms with Gasteiger partial charge in [0, 0.05) is 111 Å². The molecule has 0 aromatic heterocycles. The van der Waals surface area contributed by atoms with E-state index < -0.39 is 134 Å². The number of benzene rings is 2. The quantitative estimate of drug-likeness (QED) is 0.0726. The molecule has 2 aromatic carbocycles. The van der Waals surface area contributed by atoms with E-state index in [0.717, 1.165) is 0 Å². The van der Waals surface area contributed by atoms with Gasteiger partial charge < -0.3 is 64.1 Å². The summed E-state index contributed by atoms with van der Waals surface area (Å²) in [5, 5.41) is 51.5. The van der Waals surface area contributed by atoms with Crippen molar-refractivity contribution in [2.45, 2.75) is 151 Å². The van der Waals surface area contributed by atoms with Crippen LogP contribution in [0.2, 0.25) is 0 Å². The number of rotatable bonds is 11. The highest BCUT2D eigenvalue weighted by molar-refractivity contribution is 7.72. The number of carbonyl (C=O) groups is 5. The van der Waals surface area contributed by atoms with Crippen molar-refractivity contribution in [1.29, 1.82) is 0 Å². The lowest BCUT2D eigenvalue weighted by Crippen LogP contribution is -2.62. The second kappa shape index (κ2) is 24.9. The predicted octanol–water partition coefficient (Wildman–Crippen LogP) is 7.39. The number of fused-ring (bicyclic) bond motifs is 3. The molecule has 2 amide bonds. The second-order valence-corrected chi connectivity index (χ2v) is 27.4. The molecular weight excluding hydrogens is 1110 g/mol. The molecule has 0 radical (unpaired) electrons. The van der Waals surface area contributed by atoms with Crippen LogP contribution in [-0.2, 0) is 48.9 Å². The molecule has 21 nitrogen and oxygen atoms in total. The zero-order chi connectivity index (χ0) is 61.6. The van der Waals surface area contributed by atoms with Gasteiger partial charge in [-0.15, -0.1) is 0 Å². The molecule has 11 atom stereocenters. The molecular formula is C60H80N4O17P2. The van der Waals surface area contributed by atoms with Crippen LogP contribution in [0.15, 0.2) is 65.0 Å². The number of hydrogen-bond donors (Lipinski definition) is 6. The van der Waals surface area contributed by atoms with Crippen LogP contribution in [0.5, 0.6) is 17.2 Å². The van der Waals surface area contributed by atoms with E-state index in [-0.39, 0.29) is 86.8 Å². The summed E-state index contributed by atoms with van der Waals surface area (Å²) >= 11 is 0. The third kappa shape index (κ3) is 12.7. The number of piperidine rings is 1. The van der Waals surface area contributed by atoms with Crippen molar-refractivity contribution in [3.8, 4) is 17.2 Å². The second-order valence-electron chi connectivity index (χ2n) is 24.1. The third-order valence-electron chi connectivity index (χ3n) is 16.8. The molecule has 5 bridgehead atoms. The van der Waals surface area contributed by atoms with E-state index in [1.807, 2.05) is 0 Å². The van der Waals surface area contributed by atoms with Crippen molar-refractivity contribution < 1.29 is 82.1 Å². The number of aliphatic imine (C=N–C) groups is 1. The van der Waals surface area contributed by atoms with E-state index in [2.05, 4.69) is 24.1 Å². The van der Waals surface area contributed by atoms with Crippen LogP contribution in [0.3, 0.4) is 0 Å². The Morgan fingerprint density at radius 1 is 0.964 bits per heavy atom. The first-order chi connectivity index (χ1) is 38.8. The average Bonchev–Trinajstić information content (AvgIpc) is 2.90. The van der Waals surface area contributed by atoms with Gasteiger partial charge in [0.1, 0.15) is 46.7 Å². The first kappa shape index (κ1) is 64.5. The molecule has 6 N–H and O–H groups in total. The van der Waals surface area contributed by atoms with Gasteiger partial charge in [-0.3, -0.25) is 38.1 Å². The Balaban J connectivity index is 1.46. The molecule has 1 saturated heterocycles. The zero-order valence-electron chi connectivity index (χ0n) is 49.7. The molecule has 1 fully saturated rings. The van der Waals surface area contributed by atoms with Gasteiger partial charge in [0.25, 0.3) is 11.7 Å². The minimum Gasteiger partial charge on any atom is -0.507 e. The van der Waals surface area contributed by atoms with Gasteiger partial charge in [0.05, 0.1) is 47.1 Å². The minimum atomic E-state index is -4.22. The standard InChI is InChI=1S/C60H80N4O17P2/c1-30(2)28-63-23-21-60(22-24-63)62-46-43-44-51(69)36(8)54-45(43)55(71)59(13,81-54)78-25-20-41(77-14)33(5)53(80-38(10)66)35(7)50(68)34(6)49(67)31(3)16-15-17-32(4)56(72)61-47(52(44)70)48(46)64(60)57(73)58(11,12)27-39-26-40(83(75,76)29-82-74)18-19-42(39)79-37(9)65/h15-20,25-26,30-31,33-35,41,48-50,53,67-70H,21-24,27-29H2,1-14H3,(H,61,72)(H,75,76)/b16-15+,25-20+,32-17-/t31-,33+,34+,35+,41-,48?,49-,50+,53+,59-/m0/s1. The minimum absolute atomic E-state index is 0.00225. The number of aliphatic hydroxyl groups is 3. The van der Waals surface area contributed by atoms with Crippen molar-refractivity contribution in [3.05, 3.63) is 87.9 Å². The van der Waals surface area contributed by atoms with Crippen LogP contribution in [0.4, 0.5) is 0 Å². The number of phenols is 1. The fraction of sp³-hybridized carbons (Fsp3) is 0.567. The molecule has 1 aliphatic carbocycles. The molecule has 1 spiro atoms. The number of hydrogen-bond acceptors (Lipinski definition) is 18. The van der Waals surface area contributed by atoms with Crippen molar-refractivity contribution in [1.82, 2.24) is 15.1 Å². The highest BCUT2D eigenvalue weighted by Gasteiger charge is 2.61. The highest BCUT2D eigenvalue weighted by atomic mass is 31.2. The molecule has 83 heavy (non-hydrogen) atoms. The van der Waals surface area contributed by atoms with Gasteiger partial charge in [-0.1, -0.05) is 73.6 Å². The first-order valence-electron chi connectivity index (χ1n) is 28.0. The summed E-state index contributed by atoms with van der Waals surface area (Å²) in [5.41, 5.74) is -3.40. The van der Waals surface area contributed by atoms with Gasteiger partial charge in [-0.25, -0.2) is 0 Å². The molecule has 7 rings (SSSR count). The molecule has 4 aliphatic heterocycles. The van der Waals surface area contributed by atoms with Gasteiger partial charge in [-0.05, 0) is 56.0 Å². The van der Waals surface area contributed by atoms with Gasteiger partial charge in [0.2, 0.25) is 13.3 Å². The molecule has 2 aromatic rings. The number of esters is 2. The number of aliphatic hydroxyl groups excluding tert-OH is 3. The molecule has 0 saturated carbocycles. The maximum Gasteiger partial charge on any atom is 0.312 e. The van der Waals surface area contributed by atoms with Crippen LogP contribution in [-0.4, -0.2) is 145 Å². The Bertz CT molecular complexity index is 3140. The Morgan fingerprint density at radius 2 is 1.63 bits per heavy atom. The summed E-state index contributed by atoms with van der Waals surface area (Å²) in [7, 11) is -3.38. The number of methoxy groups -OCH3 is 1. The summed E-state index contributed by atoms with van der Waals surface area (Å²) in [6, 6.07) is 2.48. The average molecular weight is 1190 g/mol. The van der Waals surface area contributed by atoms with Crippen LogP contribution in [0.1, 0.15) is 129 Å². The van der Waals surface area contributed by atoms with Crippen molar-refractivity contribution in [3.63, 3.8) is 0 Å². The topological polar surface area (TPSA) is 298 Å². The Hall–Kier alpha value is -6.05. The summed E-state index contributed by atoms with van der Waals surface area (Å²) in [6.07, 6.45) is 3.41. The molecule has 5 aliphatic rings. The van der Waals surface area contributed by atoms with Gasteiger partial charge in [-0.2, -0.15) is 0 Å². The van der Waals surface area contributed by atoms with Crippen LogP contribution in [0.25, 0.3) is 5.76 Å². The van der Waals surface area contributed by atoms with Gasteiger partial charge >= 0.3 is 17.7 Å². The van der Waals surface area contributed by atoms with E-state index in [9.17, 15) is 48.8 Å². The smallest absolute Gasteiger partial charge is 0.312 e. The number of aromatic hydroxyl groups is 1. The largest absolute Gasteiger partial charge is 0.507 e. The van der Waals surface area contributed by atoms with Gasteiger partial charge in [0.15, 0.2) is 8.46 Å². The number of nitrogens with one attached hydrogen (secondary N) is 1. The fourth-order valence-electron chi connectivity index (χ4n) is 12.2. The summed E-state index contributed by atoms with van der Waals surface area (Å²) in [4.78, 5) is 91.7. The highest BCUT2D eigenvalue weighted by Crippen LogP contribution is 2.55. The number of nitrogens with zero attached hydrogens (tertiary/aromatic N) is 3. The Labute approximate surface area is 486 Å². The maximum atomic E-state index is 16.3. The Kier molecular flexibility index (Phi) is 19.3. The summed E-state index contributed by atoms with van der Waals surface area (Å²) in [5.74, 6) is -10.0. The van der Waals surface area contributed by atoms with E-state index in [1.165, 1.54) is 83.2 Å². The monoisotopic (exact) mass is 1190 g/mol. The van der Waals surface area contributed by atoms with E-state index in [4.69, 9.17) is 28.7 Å². The predicted molar refractivity (Wildman–Crippen MR) is 310 cm³/mol. The number of allylic oxidation sites excluding steroid dienone is 2. The number of ether oxygens (including phenoxy) is 5. The third-order valence-corrected chi connectivity index (χ3v) is 19.9. The number of phenolic OH excluding ortho intramolecular Hbond substituents is 1. The van der Waals surface area contributed by atoms with Crippen molar-refractivity contribution in [2.75, 3.05) is 32.6 Å². The van der Waals surface area contributed by atoms with Crippen LogP contribution < -0.4 is 20.1 Å². The first-order valence-corrected chi connectivity index (χ1v) is 30.8. The maximum absolute atomic E-state index is 16.3. The zero-order valence-corrected chi connectivity index (χ0v) is 51.5. The lowest BCUT2D eigenvalue weighted by molar-refractivity contribution is -0.160. The number of carbonyl (C=O) groups excluding carboxylic acids is 5. The number of likely N-dealkylation sites (tertiary alicyclic amines) is 1. The lowest BCUT2D eigenvalue weighted by Gasteiger charge is -2.48.